The highest BCUT2D eigenvalue weighted by molar-refractivity contribution is 5.85. The van der Waals surface area contributed by atoms with Crippen LogP contribution in [0.2, 0.25) is 0 Å². The van der Waals surface area contributed by atoms with Gasteiger partial charge in [-0.3, -0.25) is 4.68 Å². The molecule has 1 atom stereocenters. The molecule has 0 spiro atoms. The van der Waals surface area contributed by atoms with Gasteiger partial charge in [0.25, 0.3) is 0 Å². The molecule has 0 unspecified atom stereocenters. The fourth-order valence-corrected chi connectivity index (χ4v) is 1.81. The first kappa shape index (κ1) is 17.4. The Morgan fingerprint density at radius 2 is 1.86 bits per heavy atom. The molecule has 1 heterocycles. The fourth-order valence-electron chi connectivity index (χ4n) is 1.81. The van der Waals surface area contributed by atoms with Gasteiger partial charge in [0.1, 0.15) is 11.5 Å². The maximum Gasteiger partial charge on any atom is 0.161 e. The van der Waals surface area contributed by atoms with Gasteiger partial charge in [0.2, 0.25) is 0 Å². The monoisotopic (exact) mass is 322 g/mol. The predicted octanol–water partition coefficient (Wildman–Crippen LogP) is 1.18. The van der Waals surface area contributed by atoms with Crippen LogP contribution >= 0.6 is 12.4 Å². The molecule has 1 aromatic carbocycles. The van der Waals surface area contributed by atoms with Crippen LogP contribution < -0.4 is 5.73 Å². The van der Waals surface area contributed by atoms with Crippen molar-refractivity contribution in [1.82, 2.24) is 15.0 Å². The highest BCUT2D eigenvalue weighted by atomic mass is 35.5. The molecule has 1 aromatic heterocycles. The topological polar surface area (TPSA) is 77.0 Å². The Bertz CT molecular complexity index is 608. The zero-order valence-electron chi connectivity index (χ0n) is 10.8. The van der Waals surface area contributed by atoms with E-state index in [4.69, 9.17) is 10.8 Å². The van der Waals surface area contributed by atoms with Crippen molar-refractivity contribution in [2.24, 2.45) is 5.73 Å². The Kier molecular flexibility index (Phi) is 6.13. The van der Waals surface area contributed by atoms with Crippen LogP contribution in [0.15, 0.2) is 18.3 Å². The van der Waals surface area contributed by atoms with Gasteiger partial charge in [-0.05, 0) is 18.1 Å². The largest absolute Gasteiger partial charge is 0.390 e. The first-order chi connectivity index (χ1) is 9.49. The molecule has 0 aliphatic carbocycles. The molecule has 0 saturated carbocycles. The molecule has 0 fully saturated rings. The molecule has 5 nitrogen and oxygen atoms in total. The number of aliphatic hydroxyl groups excluding tert-OH is 1. The van der Waals surface area contributed by atoms with E-state index >= 15 is 0 Å². The lowest BCUT2D eigenvalue weighted by molar-refractivity contribution is 0.276. The number of rotatable bonds is 5. The van der Waals surface area contributed by atoms with E-state index in [1.165, 1.54) is 10.9 Å². The summed E-state index contributed by atoms with van der Waals surface area (Å²) in [4.78, 5) is 0. The van der Waals surface area contributed by atoms with Crippen LogP contribution in [0, 0.1) is 17.5 Å². The van der Waals surface area contributed by atoms with E-state index in [0.29, 0.717) is 11.8 Å². The molecule has 0 saturated heterocycles. The molecule has 9 heteroatoms. The molecule has 3 N–H and O–H groups in total. The van der Waals surface area contributed by atoms with E-state index in [1.54, 1.807) is 0 Å². The molecule has 0 bridgehead atoms. The van der Waals surface area contributed by atoms with Gasteiger partial charge in [-0.15, -0.1) is 17.5 Å². The molecule has 0 radical (unpaired) electrons. The average molecular weight is 323 g/mol. The second-order valence-electron chi connectivity index (χ2n) is 4.41. The lowest BCUT2D eigenvalue weighted by Gasteiger charge is -2.12. The summed E-state index contributed by atoms with van der Waals surface area (Å²) >= 11 is 0. The number of benzene rings is 1. The average Bonchev–Trinajstić information content (AvgIpc) is 2.83. The van der Waals surface area contributed by atoms with Crippen LogP contribution in [0.4, 0.5) is 13.2 Å². The Balaban J connectivity index is 0.00000220. The standard InChI is InChI=1S/C12H13F3N4O.ClH/c13-10-3-12(15)11(14)2-7(10)1-8(16)4-19-5-9(6-20)17-18-19;/h2-3,5,8,20H,1,4,6,16H2;1H/t8-;/m1./s1. The van der Waals surface area contributed by atoms with Crippen molar-refractivity contribution in [2.75, 3.05) is 0 Å². The number of hydrogen-bond acceptors (Lipinski definition) is 4. The van der Waals surface area contributed by atoms with Crippen molar-refractivity contribution in [3.8, 4) is 0 Å². The number of hydrogen-bond donors (Lipinski definition) is 2. The number of nitrogens with two attached hydrogens (primary N) is 1. The summed E-state index contributed by atoms with van der Waals surface area (Å²) in [5.74, 6) is -3.19. The minimum atomic E-state index is -1.23. The molecule has 2 aromatic rings. The van der Waals surface area contributed by atoms with Crippen molar-refractivity contribution >= 4 is 12.4 Å². The van der Waals surface area contributed by atoms with Crippen molar-refractivity contribution in [2.45, 2.75) is 25.6 Å². The molecule has 2 rings (SSSR count). The van der Waals surface area contributed by atoms with Crippen molar-refractivity contribution < 1.29 is 18.3 Å². The van der Waals surface area contributed by atoms with Crippen LogP contribution in [-0.2, 0) is 19.6 Å². The zero-order valence-corrected chi connectivity index (χ0v) is 11.7. The van der Waals surface area contributed by atoms with Crippen LogP contribution in [0.3, 0.4) is 0 Å². The van der Waals surface area contributed by atoms with Gasteiger partial charge in [0.15, 0.2) is 11.6 Å². The summed E-state index contributed by atoms with van der Waals surface area (Å²) in [6.07, 6.45) is 1.53. The van der Waals surface area contributed by atoms with E-state index in [-0.39, 0.29) is 37.5 Å². The highest BCUT2D eigenvalue weighted by Crippen LogP contribution is 2.15. The number of aliphatic hydroxyl groups is 1. The lowest BCUT2D eigenvalue weighted by Crippen LogP contribution is -2.29. The third kappa shape index (κ3) is 4.42. The molecule has 0 aliphatic rings. The van der Waals surface area contributed by atoms with Crippen LogP contribution in [-0.4, -0.2) is 26.1 Å². The lowest BCUT2D eigenvalue weighted by atomic mass is 10.1. The first-order valence-electron chi connectivity index (χ1n) is 5.88. The number of aromatic nitrogens is 3. The molecule has 0 aliphatic heterocycles. The second kappa shape index (κ2) is 7.39. The third-order valence-electron chi connectivity index (χ3n) is 2.74. The maximum atomic E-state index is 13.5. The first-order valence-corrected chi connectivity index (χ1v) is 5.88. The van der Waals surface area contributed by atoms with E-state index in [1.807, 2.05) is 0 Å². The van der Waals surface area contributed by atoms with E-state index < -0.39 is 23.5 Å². The minimum Gasteiger partial charge on any atom is -0.390 e. The van der Waals surface area contributed by atoms with E-state index in [0.717, 1.165) is 6.07 Å². The molecular formula is C12H14ClF3N4O. The van der Waals surface area contributed by atoms with Gasteiger partial charge in [-0.1, -0.05) is 5.21 Å². The Morgan fingerprint density at radius 1 is 1.19 bits per heavy atom. The van der Waals surface area contributed by atoms with E-state index in [2.05, 4.69) is 10.3 Å². The van der Waals surface area contributed by atoms with Gasteiger partial charge in [-0.2, -0.15) is 0 Å². The summed E-state index contributed by atoms with van der Waals surface area (Å²) in [6.45, 7) is -0.0293. The van der Waals surface area contributed by atoms with Gasteiger partial charge in [0.05, 0.1) is 19.3 Å². The van der Waals surface area contributed by atoms with Crippen molar-refractivity contribution in [1.29, 1.82) is 0 Å². The quantitative estimate of drug-likeness (QED) is 0.810. The molecule has 21 heavy (non-hydrogen) atoms. The van der Waals surface area contributed by atoms with Crippen LogP contribution in [0.25, 0.3) is 0 Å². The van der Waals surface area contributed by atoms with Crippen molar-refractivity contribution in [3.05, 3.63) is 47.0 Å². The van der Waals surface area contributed by atoms with E-state index in [9.17, 15) is 13.2 Å². The molecule has 116 valence electrons. The van der Waals surface area contributed by atoms with Crippen LogP contribution in [0.1, 0.15) is 11.3 Å². The van der Waals surface area contributed by atoms with Gasteiger partial charge < -0.3 is 10.8 Å². The van der Waals surface area contributed by atoms with Crippen LogP contribution in [0.5, 0.6) is 0 Å². The van der Waals surface area contributed by atoms with Gasteiger partial charge >= 0.3 is 0 Å². The Hall–Kier alpha value is -1.64. The SMILES string of the molecule is Cl.N[C@H](Cc1cc(F)c(F)cc1F)Cn1cc(CO)nn1. The van der Waals surface area contributed by atoms with Crippen molar-refractivity contribution in [3.63, 3.8) is 0 Å². The molecular weight excluding hydrogens is 309 g/mol. The van der Waals surface area contributed by atoms with Gasteiger partial charge in [-0.25, -0.2) is 13.2 Å². The zero-order chi connectivity index (χ0) is 14.7. The maximum absolute atomic E-state index is 13.5. The number of halogens is 4. The minimum absolute atomic E-state index is 0. The summed E-state index contributed by atoms with van der Waals surface area (Å²) in [7, 11) is 0. The molecule has 0 amide bonds. The normalized spacial score (nSPS) is 12.0. The highest BCUT2D eigenvalue weighted by Gasteiger charge is 2.14. The summed E-state index contributed by atoms with van der Waals surface area (Å²) in [6, 6.07) is 0.740. The van der Waals surface area contributed by atoms with Gasteiger partial charge in [0, 0.05) is 12.1 Å². The second-order valence-corrected chi connectivity index (χ2v) is 4.41. The Labute approximate surface area is 125 Å². The summed E-state index contributed by atoms with van der Waals surface area (Å²) in [5.41, 5.74) is 6.20. The predicted molar refractivity (Wildman–Crippen MR) is 71.2 cm³/mol. The fraction of sp³-hybridized carbons (Fsp3) is 0.333. The summed E-state index contributed by atoms with van der Waals surface area (Å²) < 4.78 is 40.7. The number of nitrogens with zero attached hydrogens (tertiary/aromatic N) is 3. The summed E-state index contributed by atoms with van der Waals surface area (Å²) in [5, 5.41) is 16.2. The third-order valence-corrected chi connectivity index (χ3v) is 2.74. The Morgan fingerprint density at radius 3 is 2.48 bits per heavy atom. The smallest absolute Gasteiger partial charge is 0.161 e.